The van der Waals surface area contributed by atoms with E-state index in [4.69, 9.17) is 34.2 Å². The molecule has 0 saturated heterocycles. The van der Waals surface area contributed by atoms with Crippen molar-refractivity contribution in [1.29, 1.82) is 0 Å². The van der Waals surface area contributed by atoms with Gasteiger partial charge in [-0.25, -0.2) is 9.59 Å². The van der Waals surface area contributed by atoms with Gasteiger partial charge in [-0.3, -0.25) is 9.59 Å². The molecule has 11 nitrogen and oxygen atoms in total. The fraction of sp³-hybridized carbons (Fsp3) is 0.600. The number of rotatable bonds is 12. The Kier molecular flexibility index (Phi) is 12.7. The second-order valence-corrected chi connectivity index (χ2v) is 9.16. The van der Waals surface area contributed by atoms with Crippen LogP contribution in [0.2, 0.25) is 0 Å². The molecule has 36 heavy (non-hydrogen) atoms. The predicted molar refractivity (Wildman–Crippen MR) is 129 cm³/mol. The van der Waals surface area contributed by atoms with Crippen LogP contribution in [0.1, 0.15) is 54.0 Å². The van der Waals surface area contributed by atoms with Gasteiger partial charge in [0.2, 0.25) is 0 Å². The third-order valence-electron chi connectivity index (χ3n) is 4.54. The van der Waals surface area contributed by atoms with Gasteiger partial charge in [0, 0.05) is 6.92 Å². The molecule has 3 atom stereocenters. The zero-order valence-electron chi connectivity index (χ0n) is 21.9. The third kappa shape index (κ3) is 11.9. The molecule has 0 fully saturated rings. The number of hydrogen-bond donors (Lipinski definition) is 1. The maximum Gasteiger partial charge on any atom is 0.513 e. The van der Waals surface area contributed by atoms with Gasteiger partial charge in [-0.1, -0.05) is 33.8 Å². The van der Waals surface area contributed by atoms with Crippen molar-refractivity contribution in [3.05, 3.63) is 23.8 Å². The van der Waals surface area contributed by atoms with Crippen molar-refractivity contribution >= 4 is 24.2 Å². The maximum atomic E-state index is 12.4. The Bertz CT molecular complexity index is 899. The van der Waals surface area contributed by atoms with E-state index >= 15 is 0 Å². The molecule has 1 aromatic carbocycles. The molecule has 2 N–H and O–H groups in total. The summed E-state index contributed by atoms with van der Waals surface area (Å²) in [6.07, 6.45) is -3.30. The summed E-state index contributed by atoms with van der Waals surface area (Å²) in [7, 11) is 0. The number of benzene rings is 1. The molecule has 0 aliphatic carbocycles. The van der Waals surface area contributed by atoms with Crippen LogP contribution in [0.25, 0.3) is 0 Å². The fourth-order valence-electron chi connectivity index (χ4n) is 2.61. The van der Waals surface area contributed by atoms with Crippen molar-refractivity contribution < 1.29 is 47.6 Å². The molecule has 0 saturated carbocycles. The van der Waals surface area contributed by atoms with E-state index in [0.717, 1.165) is 0 Å². The molecule has 11 heteroatoms. The Morgan fingerprint density at radius 2 is 1.28 bits per heavy atom. The Morgan fingerprint density at radius 1 is 0.778 bits per heavy atom. The van der Waals surface area contributed by atoms with Crippen molar-refractivity contribution in [1.82, 2.24) is 0 Å². The van der Waals surface area contributed by atoms with E-state index in [-0.39, 0.29) is 43.0 Å². The lowest BCUT2D eigenvalue weighted by atomic mass is 10.1. The number of hydrogen-bond acceptors (Lipinski definition) is 11. The molecular weight excluding hydrogens is 474 g/mol. The number of esters is 2. The predicted octanol–water partition coefficient (Wildman–Crippen LogP) is 3.78. The van der Waals surface area contributed by atoms with Gasteiger partial charge in [0.15, 0.2) is 11.5 Å². The number of carbonyl (C=O) groups excluding carboxylic acids is 4. The average Bonchev–Trinajstić information content (AvgIpc) is 2.77. The minimum atomic E-state index is -1.07. The first-order valence-corrected chi connectivity index (χ1v) is 11.7. The SMILES string of the molecule is CC(=O)OC(C)[C@H](C)OC(=O)[C@@H](N)Cc1ccc(OC(=O)OCC(C)C)c(OC(=O)OCC(C)C)c1. The summed E-state index contributed by atoms with van der Waals surface area (Å²) in [5.41, 5.74) is 6.49. The van der Waals surface area contributed by atoms with Gasteiger partial charge in [-0.2, -0.15) is 0 Å². The Labute approximate surface area is 211 Å². The summed E-state index contributed by atoms with van der Waals surface area (Å²) in [5.74, 6) is -1.21. The van der Waals surface area contributed by atoms with Gasteiger partial charge in [-0.05, 0) is 49.8 Å². The average molecular weight is 512 g/mol. The topological polar surface area (TPSA) is 150 Å². The molecule has 0 heterocycles. The van der Waals surface area contributed by atoms with Crippen LogP contribution in [0, 0.1) is 11.8 Å². The standard InChI is InChI=1S/C25H37NO10/c1-14(2)12-31-24(29)35-21-9-8-19(11-22(21)36-25(30)32-13-15(3)4)10-20(26)23(28)34-17(6)16(5)33-18(7)27/h8-9,11,14-17,20H,10,12-13,26H2,1-7H3/t16?,17-,20-/m0/s1. The lowest BCUT2D eigenvalue weighted by Crippen LogP contribution is -2.39. The van der Waals surface area contributed by atoms with Crippen LogP contribution in [0.4, 0.5) is 9.59 Å². The molecule has 0 amide bonds. The number of ether oxygens (including phenoxy) is 6. The molecule has 1 aromatic rings. The second kappa shape index (κ2) is 14.9. The maximum absolute atomic E-state index is 12.4. The summed E-state index contributed by atoms with van der Waals surface area (Å²) < 4.78 is 30.8. The quantitative estimate of drug-likeness (QED) is 0.248. The highest BCUT2D eigenvalue weighted by molar-refractivity contribution is 5.76. The zero-order chi connectivity index (χ0) is 27.4. The highest BCUT2D eigenvalue weighted by atomic mass is 16.7. The van der Waals surface area contributed by atoms with Gasteiger partial charge in [-0.15, -0.1) is 0 Å². The summed E-state index contributed by atoms with van der Waals surface area (Å²) >= 11 is 0. The molecule has 0 spiro atoms. The zero-order valence-corrected chi connectivity index (χ0v) is 21.9. The van der Waals surface area contributed by atoms with Gasteiger partial charge in [0.25, 0.3) is 0 Å². The van der Waals surface area contributed by atoms with Crippen LogP contribution in [-0.2, 0) is 35.0 Å². The van der Waals surface area contributed by atoms with E-state index in [2.05, 4.69) is 0 Å². The number of carbonyl (C=O) groups is 4. The van der Waals surface area contributed by atoms with E-state index in [0.29, 0.717) is 5.56 Å². The minimum Gasteiger partial charge on any atom is -0.459 e. The van der Waals surface area contributed by atoms with Crippen LogP contribution in [-0.4, -0.2) is 55.7 Å². The molecule has 1 unspecified atom stereocenters. The van der Waals surface area contributed by atoms with Gasteiger partial charge < -0.3 is 34.2 Å². The highest BCUT2D eigenvalue weighted by Crippen LogP contribution is 2.30. The molecule has 0 aliphatic heterocycles. The minimum absolute atomic E-state index is 0.0168. The summed E-state index contributed by atoms with van der Waals surface area (Å²) in [4.78, 5) is 47.7. The van der Waals surface area contributed by atoms with Gasteiger partial charge in [0.05, 0.1) is 13.2 Å². The molecule has 0 aromatic heterocycles. The monoisotopic (exact) mass is 511 g/mol. The van der Waals surface area contributed by atoms with Crippen LogP contribution in [0.3, 0.4) is 0 Å². The van der Waals surface area contributed by atoms with Crippen molar-refractivity contribution in [2.24, 2.45) is 17.6 Å². The molecular formula is C25H37NO10. The summed E-state index contributed by atoms with van der Waals surface area (Å²) in [5, 5.41) is 0. The normalized spacial score (nSPS) is 13.4. The molecule has 0 radical (unpaired) electrons. The second-order valence-electron chi connectivity index (χ2n) is 9.16. The summed E-state index contributed by atoms with van der Waals surface area (Å²) in [6.45, 7) is 12.2. The fourth-order valence-corrected chi connectivity index (χ4v) is 2.61. The van der Waals surface area contributed by atoms with Crippen molar-refractivity contribution in [2.45, 2.75) is 73.1 Å². The van der Waals surface area contributed by atoms with Gasteiger partial charge >= 0.3 is 24.2 Å². The van der Waals surface area contributed by atoms with Crippen LogP contribution >= 0.6 is 0 Å². The first-order valence-electron chi connectivity index (χ1n) is 11.7. The molecule has 0 bridgehead atoms. The summed E-state index contributed by atoms with van der Waals surface area (Å²) in [6, 6.07) is 3.27. The van der Waals surface area contributed by atoms with E-state index in [1.54, 1.807) is 19.9 Å². The van der Waals surface area contributed by atoms with Crippen molar-refractivity contribution in [3.63, 3.8) is 0 Å². The Hall–Kier alpha value is -3.34. The van der Waals surface area contributed by atoms with Crippen molar-refractivity contribution in [3.8, 4) is 11.5 Å². The largest absolute Gasteiger partial charge is 0.513 e. The Balaban J connectivity index is 2.96. The van der Waals surface area contributed by atoms with Crippen LogP contribution in [0.5, 0.6) is 11.5 Å². The smallest absolute Gasteiger partial charge is 0.459 e. The van der Waals surface area contributed by atoms with Crippen molar-refractivity contribution in [2.75, 3.05) is 13.2 Å². The Morgan fingerprint density at radius 3 is 1.78 bits per heavy atom. The lowest BCUT2D eigenvalue weighted by molar-refractivity contribution is -0.164. The molecule has 202 valence electrons. The van der Waals surface area contributed by atoms with E-state index in [9.17, 15) is 19.2 Å². The van der Waals surface area contributed by atoms with E-state index in [1.165, 1.54) is 19.1 Å². The first kappa shape index (κ1) is 30.7. The van der Waals surface area contributed by atoms with Crippen LogP contribution in [0.15, 0.2) is 18.2 Å². The lowest BCUT2D eigenvalue weighted by Gasteiger charge is -2.22. The highest BCUT2D eigenvalue weighted by Gasteiger charge is 2.24. The third-order valence-corrected chi connectivity index (χ3v) is 4.54. The molecule has 1 rings (SSSR count). The van der Waals surface area contributed by atoms with Gasteiger partial charge in [0.1, 0.15) is 18.2 Å². The van der Waals surface area contributed by atoms with E-state index in [1.807, 2.05) is 27.7 Å². The number of nitrogens with two attached hydrogens (primary N) is 1. The molecule has 0 aliphatic rings. The van der Waals surface area contributed by atoms with E-state index < -0.39 is 42.5 Å². The van der Waals surface area contributed by atoms with Crippen LogP contribution < -0.4 is 15.2 Å². The first-order chi connectivity index (χ1) is 16.8.